The van der Waals surface area contributed by atoms with E-state index in [0.29, 0.717) is 3.53 Å². The third-order valence-corrected chi connectivity index (χ3v) is 21.6. The maximum Gasteiger partial charge on any atom is 0.350 e. The molecule has 1 heterocycles. The third-order valence-electron chi connectivity index (χ3n) is 18.8. The van der Waals surface area contributed by atoms with E-state index < -0.39 is 142 Å². The number of hydrogen-bond donors (Lipinski definition) is 4. The molecule has 5 N–H and O–H groups in total. The Bertz CT molecular complexity index is 3200. The fraction of sp³-hybridized carbons (Fsp3) is 0.565. The fourth-order valence-electron chi connectivity index (χ4n) is 13.6. The van der Waals surface area contributed by atoms with Crippen molar-refractivity contribution in [3.8, 4) is 0 Å². The molecule has 3 aromatic rings. The van der Waals surface area contributed by atoms with E-state index in [1.54, 1.807) is 73.7 Å². The van der Waals surface area contributed by atoms with Crippen LogP contribution in [0.15, 0.2) is 102 Å². The molecule has 0 spiro atoms. The van der Waals surface area contributed by atoms with Crippen LogP contribution in [-0.4, -0.2) is 132 Å². The monoisotopic (exact) mass is 1310 g/mol. The van der Waals surface area contributed by atoms with Crippen molar-refractivity contribution in [2.75, 3.05) is 12.4 Å². The molecule has 492 valence electrons. The molecule has 2 unspecified atom stereocenters. The summed E-state index contributed by atoms with van der Waals surface area (Å²) in [6, 6.07) is 22.4. The van der Waals surface area contributed by atoms with E-state index in [4.69, 9.17) is 52.9 Å². The average molecular weight is 1310 g/mol. The van der Waals surface area contributed by atoms with Crippen molar-refractivity contribution < 1.29 is 77.0 Å². The number of esters is 5. The highest BCUT2D eigenvalue weighted by molar-refractivity contribution is 8.47. The SMILES string of the molecule is [C-]#[N+]C(C)(CCC(=O)O[C@@H](C(=O)O[C@H]1C[C@@]2(O)[C@@H](OC(=O)c3ccccc3)[C@@H]3[C@]4(OC(C)=O)CO[C@@H]4C[C@H](O)[C@@]3(C)C(=O)[C@H](OC(C)=O)C(=C1C)C2(C)C)[C@@H](NC(=O)c1ccccc1)c1ccccc1)CC(SC(=S)SCCCCCCCCCCCC)C(N)=O. The van der Waals surface area contributed by atoms with E-state index in [-0.39, 0.29) is 53.7 Å². The first-order valence-corrected chi connectivity index (χ1v) is 33.7. The van der Waals surface area contributed by atoms with E-state index in [1.165, 1.54) is 109 Å². The molecular weight excluding hydrogens is 1220 g/mol. The lowest BCUT2D eigenvalue weighted by Gasteiger charge is -2.67. The van der Waals surface area contributed by atoms with Crippen molar-refractivity contribution in [1.82, 2.24) is 5.32 Å². The standard InChI is InChI=1S/C69H87N3O16S3/c1-10-11-12-13-14-15-16-17-18-28-37-90-64(89)91-49(60(70)78)40-66(7,71-9)36-35-52(76)86-56(54(45-29-22-19-23-30-45)72-61(79)46-31-24-20-25-32-46)63(81)85-48-39-69(82)59(87-62(80)47-33-26-21-27-34-47)57-67(8,50(75)38-51-68(57,41-83-51)88-44(4)74)58(77)55(84-43(3)73)53(42(48)2)65(69,5)6/h19-27,29-34,48-51,54-57,59,75,82H,10-18,28,35-41H2,1-8H3,(H2,70,78)(H,72,79)/t48-,49?,50-,51+,54-,55+,56+,57-,59-,66?,67+,68-,69+/m0/s1. The molecule has 3 fully saturated rings. The van der Waals surface area contributed by atoms with Gasteiger partial charge in [-0.25, -0.2) is 16.2 Å². The predicted molar refractivity (Wildman–Crippen MR) is 348 cm³/mol. The summed E-state index contributed by atoms with van der Waals surface area (Å²) in [4.78, 5) is 119. The summed E-state index contributed by atoms with van der Waals surface area (Å²) in [6.45, 7) is 19.9. The molecule has 22 heteroatoms. The number of nitrogens with two attached hydrogens (primary N) is 1. The number of amides is 2. The smallest absolute Gasteiger partial charge is 0.350 e. The molecule has 19 nitrogen and oxygen atoms in total. The maximum absolute atomic E-state index is 15.9. The average Bonchev–Trinajstić information content (AvgIpc) is 0.671. The van der Waals surface area contributed by atoms with Crippen LogP contribution >= 0.6 is 35.7 Å². The van der Waals surface area contributed by atoms with Gasteiger partial charge in [0.2, 0.25) is 17.6 Å². The van der Waals surface area contributed by atoms with Gasteiger partial charge in [0.15, 0.2) is 17.5 Å². The number of aliphatic hydroxyl groups excluding tert-OH is 1. The van der Waals surface area contributed by atoms with Crippen LogP contribution in [0.5, 0.6) is 0 Å². The second-order valence-electron chi connectivity index (χ2n) is 25.4. The van der Waals surface area contributed by atoms with Crippen molar-refractivity contribution in [3.63, 3.8) is 0 Å². The number of thiocarbonyl (C=S) groups is 1. The van der Waals surface area contributed by atoms with Gasteiger partial charge in [0.1, 0.15) is 33.5 Å². The Morgan fingerprint density at radius 2 is 1.43 bits per heavy atom. The molecular formula is C69H87N3O16S3. The quantitative estimate of drug-likeness (QED) is 0.0126. The van der Waals surface area contributed by atoms with Crippen molar-refractivity contribution in [1.29, 1.82) is 0 Å². The van der Waals surface area contributed by atoms with Gasteiger partial charge in [0, 0.05) is 57.4 Å². The zero-order valence-electron chi connectivity index (χ0n) is 53.2. The number of nitrogens with one attached hydrogen (secondary N) is 1. The van der Waals surface area contributed by atoms with Crippen molar-refractivity contribution in [3.05, 3.63) is 130 Å². The highest BCUT2D eigenvalue weighted by atomic mass is 32.2. The number of Topliss-reactive ketones (excluding diaryl/α,β-unsaturated/α-hetero) is 1. The van der Waals surface area contributed by atoms with E-state index in [0.717, 1.165) is 50.6 Å². The molecule has 2 saturated carbocycles. The van der Waals surface area contributed by atoms with E-state index >= 15 is 9.59 Å². The van der Waals surface area contributed by atoms with Crippen LogP contribution in [-0.2, 0) is 57.2 Å². The van der Waals surface area contributed by atoms with Crippen LogP contribution in [0.3, 0.4) is 0 Å². The number of carbonyl (C=O) groups excluding carboxylic acids is 8. The molecule has 3 aliphatic carbocycles. The van der Waals surface area contributed by atoms with Crippen LogP contribution < -0.4 is 11.1 Å². The van der Waals surface area contributed by atoms with Gasteiger partial charge < -0.3 is 54.5 Å². The summed E-state index contributed by atoms with van der Waals surface area (Å²) in [7, 11) is 0. The van der Waals surface area contributed by atoms with Gasteiger partial charge in [-0.15, -0.1) is 11.8 Å². The molecule has 2 amide bonds. The Labute approximate surface area is 547 Å². The minimum atomic E-state index is -2.53. The minimum absolute atomic E-state index is 0.0208. The van der Waals surface area contributed by atoms with Crippen molar-refractivity contribution in [2.24, 2.45) is 22.5 Å². The first kappa shape index (κ1) is 72.0. The Kier molecular flexibility index (Phi) is 24.9. The van der Waals surface area contributed by atoms with Gasteiger partial charge in [-0.05, 0) is 67.0 Å². The molecule has 4 aliphatic rings. The number of ether oxygens (including phenoxy) is 6. The van der Waals surface area contributed by atoms with Crippen LogP contribution in [0.4, 0.5) is 0 Å². The summed E-state index contributed by atoms with van der Waals surface area (Å²) in [6.07, 6.45) is -0.150. The summed E-state index contributed by atoms with van der Waals surface area (Å²) in [5.41, 5.74) is -3.30. The molecule has 3 aromatic carbocycles. The van der Waals surface area contributed by atoms with E-state index in [9.17, 15) is 39.0 Å². The largest absolute Gasteiger partial charge is 0.455 e. The topological polar surface area (TPSA) is 275 Å². The molecule has 1 aliphatic heterocycles. The first-order valence-electron chi connectivity index (χ1n) is 31.4. The molecule has 7 rings (SSSR count). The van der Waals surface area contributed by atoms with Gasteiger partial charge >= 0.3 is 29.8 Å². The Morgan fingerprint density at radius 1 is 0.846 bits per heavy atom. The zero-order chi connectivity index (χ0) is 66.5. The number of rotatable bonds is 29. The zero-order valence-corrected chi connectivity index (χ0v) is 55.7. The number of primary amides is 1. The van der Waals surface area contributed by atoms with Crippen LogP contribution in [0, 0.1) is 23.3 Å². The number of carbonyl (C=O) groups is 8. The molecule has 13 atom stereocenters. The number of hydrogen-bond acceptors (Lipinski definition) is 19. The predicted octanol–water partition coefficient (Wildman–Crippen LogP) is 10.7. The second kappa shape index (κ2) is 31.4. The molecule has 1 saturated heterocycles. The minimum Gasteiger partial charge on any atom is -0.455 e. The van der Waals surface area contributed by atoms with Crippen LogP contribution in [0.25, 0.3) is 4.85 Å². The Morgan fingerprint density at radius 3 is 1.98 bits per heavy atom. The normalized spacial score (nSPS) is 26.3. The van der Waals surface area contributed by atoms with Gasteiger partial charge in [0.25, 0.3) is 5.91 Å². The number of ketones is 1. The first-order chi connectivity index (χ1) is 43.2. The van der Waals surface area contributed by atoms with Gasteiger partial charge in [-0.1, -0.05) is 169 Å². The molecule has 2 bridgehead atoms. The van der Waals surface area contributed by atoms with Crippen molar-refractivity contribution in [2.45, 2.75) is 216 Å². The number of thioether (sulfide) groups is 2. The molecule has 0 radical (unpaired) electrons. The van der Waals surface area contributed by atoms with Crippen molar-refractivity contribution >= 4 is 86.7 Å². The van der Waals surface area contributed by atoms with E-state index in [2.05, 4.69) is 17.1 Å². The number of aliphatic hydroxyl groups is 2. The maximum atomic E-state index is 15.9. The fourth-order valence-corrected chi connectivity index (χ4v) is 16.3. The lowest BCUT2D eigenvalue weighted by molar-refractivity contribution is -0.346. The molecule has 0 aromatic heterocycles. The van der Waals surface area contributed by atoms with Gasteiger partial charge in [-0.3, -0.25) is 28.8 Å². The number of unbranched alkanes of at least 4 members (excludes halogenated alkanes) is 9. The third kappa shape index (κ3) is 16.5. The van der Waals surface area contributed by atoms with Crippen LogP contribution in [0.2, 0.25) is 0 Å². The summed E-state index contributed by atoms with van der Waals surface area (Å²) >= 11 is 8.25. The van der Waals surface area contributed by atoms with Gasteiger partial charge in [-0.2, -0.15) is 0 Å². The molecule has 91 heavy (non-hydrogen) atoms. The summed E-state index contributed by atoms with van der Waals surface area (Å²) < 4.78 is 37.9. The number of nitrogens with zero attached hydrogens (tertiary/aromatic N) is 1. The second-order valence-corrected chi connectivity index (χ2v) is 28.9. The Balaban J connectivity index is 1.24. The van der Waals surface area contributed by atoms with Gasteiger partial charge in [0.05, 0.1) is 41.3 Å². The van der Waals surface area contributed by atoms with Crippen LogP contribution in [0.1, 0.15) is 184 Å². The Hall–Kier alpha value is -6.48. The number of fused-ring (bicyclic) bond motifs is 5. The number of benzene rings is 3. The summed E-state index contributed by atoms with van der Waals surface area (Å²) in [5.74, 6) is -8.24. The lowest BCUT2D eigenvalue weighted by Crippen LogP contribution is -2.82. The lowest BCUT2D eigenvalue weighted by atomic mass is 9.44. The highest BCUT2D eigenvalue weighted by Crippen LogP contribution is 2.64. The summed E-state index contributed by atoms with van der Waals surface area (Å²) in [5, 5.41) is 28.4. The highest BCUT2D eigenvalue weighted by Gasteiger charge is 2.78. The van der Waals surface area contributed by atoms with E-state index in [1.807, 2.05) is 0 Å².